The Balaban J connectivity index is 2.69. The lowest BCUT2D eigenvalue weighted by Crippen LogP contribution is -2.20. The normalized spacial score (nSPS) is 12.8. The molecule has 0 radical (unpaired) electrons. The maximum absolute atomic E-state index is 5.23. The Labute approximate surface area is 80.1 Å². The van der Waals surface area contributed by atoms with Crippen LogP contribution in [0.1, 0.15) is 37.3 Å². The Morgan fingerprint density at radius 3 is 2.38 bits per heavy atom. The fourth-order valence-electron chi connectivity index (χ4n) is 1.32. The molecule has 0 saturated carbocycles. The first-order chi connectivity index (χ1) is 6.27. The van der Waals surface area contributed by atoms with E-state index in [1.54, 1.807) is 0 Å². The van der Waals surface area contributed by atoms with E-state index in [1.165, 1.54) is 17.5 Å². The number of nitrogens with two attached hydrogens (primary N) is 1. The van der Waals surface area contributed by atoms with Crippen LogP contribution in [0.5, 0.6) is 0 Å². The third-order valence-corrected chi connectivity index (χ3v) is 2.47. The molecule has 72 valence electrons. The highest BCUT2D eigenvalue weighted by atomic mass is 15.2. The Kier molecular flexibility index (Phi) is 3.93. The van der Waals surface area contributed by atoms with Crippen LogP contribution >= 0.6 is 0 Å². The first kappa shape index (κ1) is 10.2. The minimum atomic E-state index is 0.653. The number of nitrogens with one attached hydrogen (secondary N) is 1. The van der Waals surface area contributed by atoms with Crippen molar-refractivity contribution in [2.45, 2.75) is 32.7 Å². The molecule has 3 N–H and O–H groups in total. The van der Waals surface area contributed by atoms with Crippen LogP contribution in [-0.2, 0) is 6.54 Å². The van der Waals surface area contributed by atoms with Gasteiger partial charge in [0, 0.05) is 6.54 Å². The molecule has 0 heterocycles. The molecular weight excluding hydrogens is 160 g/mol. The molecule has 1 aromatic rings. The summed E-state index contributed by atoms with van der Waals surface area (Å²) in [5, 5.41) is 0. The molecule has 1 aromatic carbocycles. The van der Waals surface area contributed by atoms with Crippen LogP contribution in [0.3, 0.4) is 0 Å². The van der Waals surface area contributed by atoms with Gasteiger partial charge in [0.05, 0.1) is 0 Å². The van der Waals surface area contributed by atoms with E-state index in [0.717, 1.165) is 6.54 Å². The molecule has 1 atom stereocenters. The SMILES string of the molecule is CCC(C)c1ccc(CNN)cc1. The minimum Gasteiger partial charge on any atom is -0.271 e. The number of hydrazine groups is 1. The van der Waals surface area contributed by atoms with Crippen molar-refractivity contribution in [3.63, 3.8) is 0 Å². The second-order valence-corrected chi connectivity index (χ2v) is 3.43. The molecular formula is C11H18N2. The average molecular weight is 178 g/mol. The second kappa shape index (κ2) is 5.00. The lowest BCUT2D eigenvalue weighted by Gasteiger charge is -2.09. The number of rotatable bonds is 4. The first-order valence-electron chi connectivity index (χ1n) is 4.80. The van der Waals surface area contributed by atoms with Crippen LogP contribution in [0.15, 0.2) is 24.3 Å². The van der Waals surface area contributed by atoms with Gasteiger partial charge in [0.15, 0.2) is 0 Å². The van der Waals surface area contributed by atoms with Crippen LogP contribution in [0.25, 0.3) is 0 Å². The number of benzene rings is 1. The van der Waals surface area contributed by atoms with Gasteiger partial charge in [-0.3, -0.25) is 11.3 Å². The summed E-state index contributed by atoms with van der Waals surface area (Å²) < 4.78 is 0. The van der Waals surface area contributed by atoms with Crippen molar-refractivity contribution in [3.05, 3.63) is 35.4 Å². The highest BCUT2D eigenvalue weighted by Gasteiger charge is 2.01. The number of hydrogen-bond acceptors (Lipinski definition) is 2. The maximum Gasteiger partial charge on any atom is 0.0348 e. The van der Waals surface area contributed by atoms with Crippen LogP contribution < -0.4 is 11.3 Å². The fourth-order valence-corrected chi connectivity index (χ4v) is 1.32. The molecule has 2 heteroatoms. The molecule has 0 bridgehead atoms. The van der Waals surface area contributed by atoms with Crippen LogP contribution in [0, 0.1) is 0 Å². The van der Waals surface area contributed by atoms with Gasteiger partial charge in [0.1, 0.15) is 0 Å². The minimum absolute atomic E-state index is 0.653. The first-order valence-corrected chi connectivity index (χ1v) is 4.80. The molecule has 0 amide bonds. The summed E-state index contributed by atoms with van der Waals surface area (Å²) in [6, 6.07) is 8.62. The van der Waals surface area contributed by atoms with E-state index in [0.29, 0.717) is 5.92 Å². The molecule has 0 spiro atoms. The van der Waals surface area contributed by atoms with E-state index < -0.39 is 0 Å². The third-order valence-electron chi connectivity index (χ3n) is 2.47. The standard InChI is InChI=1S/C11H18N2/c1-3-9(2)11-6-4-10(5-7-11)8-13-12/h4-7,9,13H,3,8,12H2,1-2H3. The van der Waals surface area contributed by atoms with Gasteiger partial charge in [-0.05, 0) is 23.5 Å². The highest BCUT2D eigenvalue weighted by molar-refractivity contribution is 5.24. The summed E-state index contributed by atoms with van der Waals surface area (Å²) in [6.07, 6.45) is 1.19. The molecule has 13 heavy (non-hydrogen) atoms. The molecule has 0 saturated heterocycles. The topological polar surface area (TPSA) is 38.0 Å². The second-order valence-electron chi connectivity index (χ2n) is 3.43. The zero-order valence-corrected chi connectivity index (χ0v) is 8.38. The smallest absolute Gasteiger partial charge is 0.0348 e. The monoisotopic (exact) mass is 178 g/mol. The summed E-state index contributed by atoms with van der Waals surface area (Å²) in [5.74, 6) is 5.89. The average Bonchev–Trinajstić information content (AvgIpc) is 2.18. The van der Waals surface area contributed by atoms with E-state index in [1.807, 2.05) is 0 Å². The van der Waals surface area contributed by atoms with Crippen molar-refractivity contribution in [2.75, 3.05) is 0 Å². The van der Waals surface area contributed by atoms with E-state index in [2.05, 4.69) is 43.5 Å². The van der Waals surface area contributed by atoms with Crippen molar-refractivity contribution >= 4 is 0 Å². The molecule has 0 aliphatic heterocycles. The van der Waals surface area contributed by atoms with Crippen LogP contribution in [0.2, 0.25) is 0 Å². The largest absolute Gasteiger partial charge is 0.271 e. The highest BCUT2D eigenvalue weighted by Crippen LogP contribution is 2.18. The fraction of sp³-hybridized carbons (Fsp3) is 0.455. The van der Waals surface area contributed by atoms with Crippen molar-refractivity contribution in [3.8, 4) is 0 Å². The molecule has 1 rings (SSSR count). The predicted molar refractivity (Wildman–Crippen MR) is 56.2 cm³/mol. The summed E-state index contributed by atoms with van der Waals surface area (Å²) in [6.45, 7) is 5.19. The Morgan fingerprint density at radius 2 is 1.92 bits per heavy atom. The summed E-state index contributed by atoms with van der Waals surface area (Å²) in [5.41, 5.74) is 5.28. The van der Waals surface area contributed by atoms with Crippen molar-refractivity contribution < 1.29 is 0 Å². The summed E-state index contributed by atoms with van der Waals surface area (Å²) >= 11 is 0. The van der Waals surface area contributed by atoms with E-state index in [9.17, 15) is 0 Å². The van der Waals surface area contributed by atoms with Gasteiger partial charge in [0.25, 0.3) is 0 Å². The molecule has 1 unspecified atom stereocenters. The van der Waals surface area contributed by atoms with Crippen molar-refractivity contribution in [1.29, 1.82) is 0 Å². The quantitative estimate of drug-likeness (QED) is 0.547. The molecule has 0 fully saturated rings. The lowest BCUT2D eigenvalue weighted by molar-refractivity contribution is 0.725. The van der Waals surface area contributed by atoms with Crippen LogP contribution in [0.4, 0.5) is 0 Å². The predicted octanol–water partition coefficient (Wildman–Crippen LogP) is 2.16. The van der Waals surface area contributed by atoms with Gasteiger partial charge < -0.3 is 0 Å². The molecule has 0 aliphatic carbocycles. The Bertz CT molecular complexity index is 241. The number of hydrogen-bond donors (Lipinski definition) is 2. The zero-order chi connectivity index (χ0) is 9.68. The van der Waals surface area contributed by atoms with Gasteiger partial charge in [-0.25, -0.2) is 0 Å². The van der Waals surface area contributed by atoms with Crippen LogP contribution in [-0.4, -0.2) is 0 Å². The van der Waals surface area contributed by atoms with Gasteiger partial charge in [-0.2, -0.15) is 0 Å². The van der Waals surface area contributed by atoms with Crippen molar-refractivity contribution in [2.24, 2.45) is 5.84 Å². The van der Waals surface area contributed by atoms with Gasteiger partial charge >= 0.3 is 0 Å². The van der Waals surface area contributed by atoms with E-state index in [4.69, 9.17) is 5.84 Å². The lowest BCUT2D eigenvalue weighted by atomic mass is 9.98. The molecule has 0 aliphatic rings. The van der Waals surface area contributed by atoms with Gasteiger partial charge in [-0.1, -0.05) is 38.1 Å². The van der Waals surface area contributed by atoms with Crippen molar-refractivity contribution in [1.82, 2.24) is 5.43 Å². The Morgan fingerprint density at radius 1 is 1.31 bits per heavy atom. The van der Waals surface area contributed by atoms with Gasteiger partial charge in [0.2, 0.25) is 0 Å². The van der Waals surface area contributed by atoms with E-state index >= 15 is 0 Å². The Hall–Kier alpha value is -0.860. The van der Waals surface area contributed by atoms with E-state index in [-0.39, 0.29) is 0 Å². The third kappa shape index (κ3) is 2.83. The summed E-state index contributed by atoms with van der Waals surface area (Å²) in [7, 11) is 0. The molecule has 2 nitrogen and oxygen atoms in total. The summed E-state index contributed by atoms with van der Waals surface area (Å²) in [4.78, 5) is 0. The van der Waals surface area contributed by atoms with Gasteiger partial charge in [-0.15, -0.1) is 0 Å². The zero-order valence-electron chi connectivity index (χ0n) is 8.38. The molecule has 0 aromatic heterocycles. The maximum atomic E-state index is 5.23.